The monoisotopic (exact) mass is 192 g/mol. The van der Waals surface area contributed by atoms with E-state index >= 15 is 0 Å². The van der Waals surface area contributed by atoms with Crippen molar-refractivity contribution in [3.05, 3.63) is 11.1 Å². The molecule has 14 heavy (non-hydrogen) atoms. The van der Waals surface area contributed by atoms with E-state index in [2.05, 4.69) is 11.8 Å². The summed E-state index contributed by atoms with van der Waals surface area (Å²) in [6, 6.07) is 0. The first-order chi connectivity index (χ1) is 6.54. The summed E-state index contributed by atoms with van der Waals surface area (Å²) in [7, 11) is 0. The topological polar surface area (TPSA) is 74.6 Å². The molecular formula is C10H8O4. The number of hydrogen-bond acceptors (Lipinski definition) is 2. The number of rotatable bonds is 4. The van der Waals surface area contributed by atoms with Crippen molar-refractivity contribution in [2.45, 2.75) is 12.8 Å². The lowest BCUT2D eigenvalue weighted by Crippen LogP contribution is -2.11. The summed E-state index contributed by atoms with van der Waals surface area (Å²) in [4.78, 5) is 21.2. The first-order valence-electron chi connectivity index (χ1n) is 3.60. The highest BCUT2D eigenvalue weighted by Gasteiger charge is 2.18. The summed E-state index contributed by atoms with van der Waals surface area (Å²) < 4.78 is 0. The Balaban J connectivity index is 5.30. The standard InChI is InChI=1S/C10H8O4/c1-3-5-7(9(11)12)8(6-4-2)10(13)14/h1-2H,5-6H2,(H,11,12)(H,13,14). The molecule has 0 unspecified atom stereocenters. The van der Waals surface area contributed by atoms with Gasteiger partial charge in [-0.25, -0.2) is 9.59 Å². The van der Waals surface area contributed by atoms with E-state index in [9.17, 15) is 9.59 Å². The Hall–Kier alpha value is -2.20. The van der Waals surface area contributed by atoms with Crippen LogP contribution in [-0.2, 0) is 9.59 Å². The molecule has 0 aromatic heterocycles. The van der Waals surface area contributed by atoms with Gasteiger partial charge in [0.25, 0.3) is 0 Å². The molecule has 0 spiro atoms. The van der Waals surface area contributed by atoms with Crippen molar-refractivity contribution < 1.29 is 19.8 Å². The molecule has 72 valence electrons. The zero-order valence-electron chi connectivity index (χ0n) is 7.28. The van der Waals surface area contributed by atoms with Gasteiger partial charge in [-0.1, -0.05) is 0 Å². The smallest absolute Gasteiger partial charge is 0.333 e. The first-order valence-corrected chi connectivity index (χ1v) is 3.60. The average Bonchev–Trinajstić information content (AvgIpc) is 2.10. The Morgan fingerprint density at radius 1 is 0.929 bits per heavy atom. The van der Waals surface area contributed by atoms with Crippen LogP contribution >= 0.6 is 0 Å². The van der Waals surface area contributed by atoms with E-state index in [4.69, 9.17) is 23.1 Å². The van der Waals surface area contributed by atoms with Gasteiger partial charge in [0.1, 0.15) is 0 Å². The number of carbonyl (C=O) groups is 2. The van der Waals surface area contributed by atoms with E-state index in [1.807, 2.05) is 0 Å². The molecule has 2 N–H and O–H groups in total. The number of carboxylic acid groups (broad SMARTS) is 2. The number of carboxylic acids is 2. The minimum Gasteiger partial charge on any atom is -0.478 e. The first kappa shape index (κ1) is 11.8. The van der Waals surface area contributed by atoms with Gasteiger partial charge in [0.05, 0.1) is 11.1 Å². The molecule has 0 rings (SSSR count). The molecule has 0 bridgehead atoms. The third-order valence-corrected chi connectivity index (χ3v) is 1.44. The maximum Gasteiger partial charge on any atom is 0.333 e. The van der Waals surface area contributed by atoms with Crippen molar-refractivity contribution in [2.24, 2.45) is 0 Å². The highest BCUT2D eigenvalue weighted by atomic mass is 16.4. The van der Waals surface area contributed by atoms with Crippen LogP contribution in [0.5, 0.6) is 0 Å². The molecule has 0 atom stereocenters. The van der Waals surface area contributed by atoms with Gasteiger partial charge >= 0.3 is 11.9 Å². The summed E-state index contributed by atoms with van der Waals surface area (Å²) >= 11 is 0. The van der Waals surface area contributed by atoms with Gasteiger partial charge in [-0.15, -0.1) is 24.7 Å². The largest absolute Gasteiger partial charge is 0.478 e. The summed E-state index contributed by atoms with van der Waals surface area (Å²) in [5.74, 6) is 1.44. The lowest BCUT2D eigenvalue weighted by Gasteiger charge is -2.02. The maximum absolute atomic E-state index is 10.6. The fourth-order valence-corrected chi connectivity index (χ4v) is 0.827. The Morgan fingerprint density at radius 3 is 1.36 bits per heavy atom. The fourth-order valence-electron chi connectivity index (χ4n) is 0.827. The van der Waals surface area contributed by atoms with E-state index in [0.29, 0.717) is 0 Å². The van der Waals surface area contributed by atoms with Gasteiger partial charge < -0.3 is 10.2 Å². The van der Waals surface area contributed by atoms with Crippen molar-refractivity contribution in [3.8, 4) is 24.7 Å². The van der Waals surface area contributed by atoms with Gasteiger partial charge in [0.2, 0.25) is 0 Å². The molecule has 0 aliphatic carbocycles. The van der Waals surface area contributed by atoms with Crippen molar-refractivity contribution in [2.75, 3.05) is 0 Å². The Morgan fingerprint density at radius 2 is 1.21 bits per heavy atom. The van der Waals surface area contributed by atoms with Crippen LogP contribution in [0.25, 0.3) is 0 Å². The third kappa shape index (κ3) is 3.04. The van der Waals surface area contributed by atoms with Crippen LogP contribution in [0.15, 0.2) is 11.1 Å². The second kappa shape index (κ2) is 5.45. The maximum atomic E-state index is 10.6. The molecule has 4 heteroatoms. The van der Waals surface area contributed by atoms with Crippen molar-refractivity contribution in [3.63, 3.8) is 0 Å². The van der Waals surface area contributed by atoms with Crippen LogP contribution in [0.3, 0.4) is 0 Å². The summed E-state index contributed by atoms with van der Waals surface area (Å²) in [5, 5.41) is 17.3. The van der Waals surface area contributed by atoms with Gasteiger partial charge in [-0.2, -0.15) is 0 Å². The van der Waals surface area contributed by atoms with E-state index in [-0.39, 0.29) is 24.0 Å². The highest BCUT2D eigenvalue weighted by Crippen LogP contribution is 2.12. The molecule has 0 saturated carbocycles. The van der Waals surface area contributed by atoms with Crippen molar-refractivity contribution in [1.82, 2.24) is 0 Å². The van der Waals surface area contributed by atoms with E-state index in [1.54, 1.807) is 0 Å². The number of terminal acetylenes is 2. The van der Waals surface area contributed by atoms with E-state index < -0.39 is 11.9 Å². The van der Waals surface area contributed by atoms with Crippen molar-refractivity contribution >= 4 is 11.9 Å². The van der Waals surface area contributed by atoms with Crippen LogP contribution in [0.1, 0.15) is 12.8 Å². The second-order valence-electron chi connectivity index (χ2n) is 2.33. The second-order valence-corrected chi connectivity index (χ2v) is 2.33. The lowest BCUT2D eigenvalue weighted by molar-refractivity contribution is -0.136. The quantitative estimate of drug-likeness (QED) is 0.502. The van der Waals surface area contributed by atoms with Crippen LogP contribution in [-0.4, -0.2) is 22.2 Å². The molecule has 0 aliphatic rings. The zero-order valence-corrected chi connectivity index (χ0v) is 7.28. The van der Waals surface area contributed by atoms with Crippen LogP contribution < -0.4 is 0 Å². The van der Waals surface area contributed by atoms with Crippen LogP contribution in [0.4, 0.5) is 0 Å². The molecule has 0 amide bonds. The SMILES string of the molecule is C#CCC(C(=O)O)=C(CC#C)C(=O)O. The van der Waals surface area contributed by atoms with Crippen LogP contribution in [0.2, 0.25) is 0 Å². The van der Waals surface area contributed by atoms with Gasteiger partial charge in [0, 0.05) is 12.8 Å². The Bertz CT molecular complexity index is 327. The molecule has 0 aromatic rings. The summed E-state index contributed by atoms with van der Waals surface area (Å²) in [5.41, 5.74) is -0.670. The average molecular weight is 192 g/mol. The van der Waals surface area contributed by atoms with Crippen molar-refractivity contribution in [1.29, 1.82) is 0 Å². The third-order valence-electron chi connectivity index (χ3n) is 1.44. The molecule has 0 radical (unpaired) electrons. The predicted octanol–water partition coefficient (Wildman–Crippen LogP) is 0.499. The Labute approximate surface area is 81.2 Å². The summed E-state index contributed by atoms with van der Waals surface area (Å²) in [6.45, 7) is 0. The zero-order chi connectivity index (χ0) is 11.1. The molecular weight excluding hydrogens is 184 g/mol. The van der Waals surface area contributed by atoms with Gasteiger partial charge in [-0.3, -0.25) is 0 Å². The molecule has 4 nitrogen and oxygen atoms in total. The minimum absolute atomic E-state index is 0.251. The molecule has 0 aliphatic heterocycles. The minimum atomic E-state index is -1.35. The molecule has 0 fully saturated rings. The molecule has 0 saturated heterocycles. The Kier molecular flexibility index (Phi) is 4.59. The van der Waals surface area contributed by atoms with E-state index in [0.717, 1.165) is 0 Å². The molecule has 0 heterocycles. The summed E-state index contributed by atoms with van der Waals surface area (Å²) in [6.07, 6.45) is 9.32. The highest BCUT2D eigenvalue weighted by molar-refractivity contribution is 5.99. The predicted molar refractivity (Wildman–Crippen MR) is 49.2 cm³/mol. The lowest BCUT2D eigenvalue weighted by atomic mass is 10.0. The fraction of sp³-hybridized carbons (Fsp3) is 0.200. The molecule has 0 aromatic carbocycles. The van der Waals surface area contributed by atoms with Gasteiger partial charge in [-0.05, 0) is 0 Å². The van der Waals surface area contributed by atoms with E-state index in [1.165, 1.54) is 0 Å². The van der Waals surface area contributed by atoms with Gasteiger partial charge in [0.15, 0.2) is 0 Å². The number of hydrogen-bond donors (Lipinski definition) is 2. The normalized spacial score (nSPS) is 10.7. The number of aliphatic carboxylic acids is 2. The van der Waals surface area contributed by atoms with Crippen LogP contribution in [0, 0.1) is 24.7 Å².